The maximum absolute atomic E-state index is 13.4. The number of amides is 1. The fourth-order valence-corrected chi connectivity index (χ4v) is 5.35. The Hall–Kier alpha value is -4.91. The number of aliphatic carboxylic acids is 1. The Balaban J connectivity index is 1.51. The molecule has 0 spiro atoms. The monoisotopic (exact) mass is 577 g/mol. The number of pyridine rings is 2. The molecule has 1 amide bonds. The van der Waals surface area contributed by atoms with E-state index in [-0.39, 0.29) is 33.9 Å². The van der Waals surface area contributed by atoms with Gasteiger partial charge >= 0.3 is 12.1 Å². The third-order valence-electron chi connectivity index (χ3n) is 6.80. The first kappa shape index (κ1) is 26.3. The fraction of sp³-hybridized carbons (Fsp3) is 0.143. The molecule has 1 aliphatic carbocycles. The second kappa shape index (κ2) is 9.93. The van der Waals surface area contributed by atoms with Gasteiger partial charge in [0.15, 0.2) is 0 Å². The first-order valence-electron chi connectivity index (χ1n) is 12.3. The number of benzene rings is 2. The van der Waals surface area contributed by atoms with Crippen molar-refractivity contribution in [1.82, 2.24) is 19.7 Å². The van der Waals surface area contributed by atoms with Crippen molar-refractivity contribution in [3.8, 4) is 16.8 Å². The molecule has 9 nitrogen and oxygen atoms in total. The van der Waals surface area contributed by atoms with Gasteiger partial charge < -0.3 is 5.11 Å². The number of nitrogens with zero attached hydrogens (tertiary/aromatic N) is 4. The molecule has 0 saturated heterocycles. The predicted octanol–water partition coefficient (Wildman–Crippen LogP) is 5.36. The van der Waals surface area contributed by atoms with E-state index in [0.717, 1.165) is 11.1 Å². The molecule has 5 aromatic rings. The van der Waals surface area contributed by atoms with Crippen LogP contribution >= 0.6 is 11.3 Å². The van der Waals surface area contributed by atoms with Crippen LogP contribution in [0, 0.1) is 5.92 Å². The van der Waals surface area contributed by atoms with Crippen LogP contribution in [0.4, 0.5) is 18.3 Å². The highest BCUT2D eigenvalue weighted by Gasteiger charge is 2.45. The van der Waals surface area contributed by atoms with Gasteiger partial charge in [-0.15, -0.1) is 10.2 Å². The van der Waals surface area contributed by atoms with Crippen molar-refractivity contribution in [3.63, 3.8) is 0 Å². The molecule has 0 radical (unpaired) electrons. The van der Waals surface area contributed by atoms with E-state index >= 15 is 0 Å². The van der Waals surface area contributed by atoms with Crippen molar-refractivity contribution in [2.45, 2.75) is 18.5 Å². The van der Waals surface area contributed by atoms with Gasteiger partial charge in [0.1, 0.15) is 11.2 Å². The normalized spacial score (nSPS) is 16.5. The number of anilines is 1. The summed E-state index contributed by atoms with van der Waals surface area (Å²) < 4.78 is 40.5. The molecule has 1 fully saturated rings. The van der Waals surface area contributed by atoms with E-state index in [1.807, 2.05) is 48.5 Å². The van der Waals surface area contributed by atoms with Crippen LogP contribution in [-0.4, -0.2) is 36.7 Å². The average Bonchev–Trinajstić information content (AvgIpc) is 3.63. The number of halogens is 3. The zero-order chi connectivity index (χ0) is 28.9. The number of hydrogen-bond acceptors (Lipinski definition) is 7. The SMILES string of the molecule is O=C(Nc1nnc(C(F)(F)F)s1)c1cn(-c2cc(-c3ccccc3)ccc2C2CC2C(=O)O)c2ncccc2c1=O. The summed E-state index contributed by atoms with van der Waals surface area (Å²) in [7, 11) is 0. The van der Waals surface area contributed by atoms with E-state index in [1.165, 1.54) is 24.5 Å². The molecule has 6 rings (SSSR count). The molecule has 1 aliphatic rings. The standard InChI is InChI=1S/C28H18F3N5O4S/c29-28(30,31)26-34-35-27(41-26)33-24(38)20-13-36(23-17(22(20)37)7-4-10-32-23)21-11-15(14-5-2-1-3-6-14)8-9-16(21)18-12-19(18)25(39)40/h1-11,13,18-19H,12H2,(H,39,40)(H,33,35,38). The van der Waals surface area contributed by atoms with Gasteiger partial charge in [0, 0.05) is 18.3 Å². The highest BCUT2D eigenvalue weighted by molar-refractivity contribution is 7.15. The zero-order valence-corrected chi connectivity index (χ0v) is 21.6. The maximum Gasteiger partial charge on any atom is 0.445 e. The first-order valence-corrected chi connectivity index (χ1v) is 13.1. The van der Waals surface area contributed by atoms with E-state index < -0.39 is 39.5 Å². The number of carboxylic acids is 1. The third-order valence-corrected chi connectivity index (χ3v) is 7.68. The molecule has 2 atom stereocenters. The highest BCUT2D eigenvalue weighted by atomic mass is 32.1. The number of carbonyl (C=O) groups excluding carboxylic acids is 1. The number of aromatic nitrogens is 4. The van der Waals surface area contributed by atoms with Crippen LogP contribution in [0.15, 0.2) is 77.9 Å². The number of alkyl halides is 3. The topological polar surface area (TPSA) is 127 Å². The maximum atomic E-state index is 13.4. The Morgan fingerprint density at radius 3 is 2.49 bits per heavy atom. The van der Waals surface area contributed by atoms with Gasteiger partial charge in [0.25, 0.3) is 5.91 Å². The number of nitrogens with one attached hydrogen (secondary N) is 1. The summed E-state index contributed by atoms with van der Waals surface area (Å²) in [6, 6.07) is 18.0. The summed E-state index contributed by atoms with van der Waals surface area (Å²) in [5.41, 5.74) is 2.08. The van der Waals surface area contributed by atoms with Crippen LogP contribution in [-0.2, 0) is 11.0 Å². The minimum Gasteiger partial charge on any atom is -0.481 e. The van der Waals surface area contributed by atoms with Crippen molar-refractivity contribution in [2.75, 3.05) is 5.32 Å². The summed E-state index contributed by atoms with van der Waals surface area (Å²) in [4.78, 5) is 42.7. The second-order valence-electron chi connectivity index (χ2n) is 9.41. The van der Waals surface area contributed by atoms with Crippen LogP contribution in [0.3, 0.4) is 0 Å². The minimum absolute atomic E-state index is 0.0926. The molecule has 13 heteroatoms. The lowest BCUT2D eigenvalue weighted by atomic mass is 9.99. The number of hydrogen-bond donors (Lipinski definition) is 2. The summed E-state index contributed by atoms with van der Waals surface area (Å²) >= 11 is 0.134. The smallest absolute Gasteiger partial charge is 0.445 e. The molecule has 2 unspecified atom stereocenters. The zero-order valence-electron chi connectivity index (χ0n) is 20.8. The Morgan fingerprint density at radius 1 is 1.02 bits per heavy atom. The van der Waals surface area contributed by atoms with Crippen LogP contribution in [0.2, 0.25) is 0 Å². The van der Waals surface area contributed by atoms with Gasteiger partial charge in [-0.2, -0.15) is 13.2 Å². The molecule has 41 heavy (non-hydrogen) atoms. The molecular weight excluding hydrogens is 559 g/mol. The van der Waals surface area contributed by atoms with E-state index in [9.17, 15) is 32.7 Å². The highest BCUT2D eigenvalue weighted by Crippen LogP contribution is 2.50. The Labute approximate surface area is 232 Å². The van der Waals surface area contributed by atoms with Crippen molar-refractivity contribution >= 4 is 39.4 Å². The predicted molar refractivity (Wildman–Crippen MR) is 144 cm³/mol. The molecule has 0 aliphatic heterocycles. The van der Waals surface area contributed by atoms with Gasteiger partial charge in [0.05, 0.1) is 17.0 Å². The Kier molecular flexibility index (Phi) is 6.37. The lowest BCUT2D eigenvalue weighted by molar-refractivity contribution is -0.139. The number of fused-ring (bicyclic) bond motifs is 1. The van der Waals surface area contributed by atoms with Crippen LogP contribution < -0.4 is 10.7 Å². The van der Waals surface area contributed by atoms with Gasteiger partial charge in [-0.25, -0.2) is 4.98 Å². The van der Waals surface area contributed by atoms with Crippen molar-refractivity contribution in [3.05, 3.63) is 99.4 Å². The molecule has 2 N–H and O–H groups in total. The average molecular weight is 578 g/mol. The molecule has 3 heterocycles. The van der Waals surface area contributed by atoms with Gasteiger partial charge in [0.2, 0.25) is 15.6 Å². The molecule has 0 bridgehead atoms. The summed E-state index contributed by atoms with van der Waals surface area (Å²) in [6.45, 7) is 0. The first-order chi connectivity index (χ1) is 19.6. The largest absolute Gasteiger partial charge is 0.481 e. The van der Waals surface area contributed by atoms with Crippen LogP contribution in [0.5, 0.6) is 0 Å². The summed E-state index contributed by atoms with van der Waals surface area (Å²) in [5.74, 6) is -2.79. The van der Waals surface area contributed by atoms with Crippen molar-refractivity contribution < 1.29 is 27.9 Å². The molecule has 3 aromatic heterocycles. The fourth-order valence-electron chi connectivity index (χ4n) is 4.75. The van der Waals surface area contributed by atoms with Gasteiger partial charge in [-0.3, -0.25) is 24.3 Å². The van der Waals surface area contributed by atoms with E-state index in [0.29, 0.717) is 17.7 Å². The minimum atomic E-state index is -4.74. The second-order valence-corrected chi connectivity index (χ2v) is 10.4. The van der Waals surface area contributed by atoms with Crippen LogP contribution in [0.1, 0.15) is 33.3 Å². The molecular formula is C28H18F3N5O4S. The van der Waals surface area contributed by atoms with Crippen molar-refractivity contribution in [2.24, 2.45) is 5.92 Å². The number of carboxylic acid groups (broad SMARTS) is 1. The summed E-state index contributed by atoms with van der Waals surface area (Å²) in [5, 5.41) is 16.7. The molecule has 1 saturated carbocycles. The molecule has 2 aromatic carbocycles. The quantitative estimate of drug-likeness (QED) is 0.278. The summed E-state index contributed by atoms with van der Waals surface area (Å²) in [6.07, 6.45) is -1.57. The third kappa shape index (κ3) is 4.95. The molecule has 206 valence electrons. The van der Waals surface area contributed by atoms with E-state index in [4.69, 9.17) is 0 Å². The number of carbonyl (C=O) groups is 2. The lowest BCUT2D eigenvalue weighted by Crippen LogP contribution is -2.24. The number of rotatable bonds is 6. The van der Waals surface area contributed by atoms with E-state index in [1.54, 1.807) is 4.57 Å². The van der Waals surface area contributed by atoms with E-state index in [2.05, 4.69) is 20.5 Å². The van der Waals surface area contributed by atoms with Crippen molar-refractivity contribution in [1.29, 1.82) is 0 Å². The Morgan fingerprint density at radius 2 is 1.80 bits per heavy atom. The van der Waals surface area contributed by atoms with Gasteiger partial charge in [-0.1, -0.05) is 53.8 Å². The Bertz CT molecular complexity index is 1890. The lowest BCUT2D eigenvalue weighted by Gasteiger charge is -2.18. The van der Waals surface area contributed by atoms with Crippen LogP contribution in [0.25, 0.3) is 27.8 Å². The van der Waals surface area contributed by atoms with Gasteiger partial charge in [-0.05, 0) is 41.3 Å².